The van der Waals surface area contributed by atoms with Gasteiger partial charge in [-0.3, -0.25) is 18.6 Å². The number of carbonyl (C=O) groups is 2. The van der Waals surface area contributed by atoms with E-state index in [4.69, 9.17) is 13.8 Å². The maximum absolute atomic E-state index is 13.6. The van der Waals surface area contributed by atoms with Crippen LogP contribution in [0.4, 0.5) is 0 Å². The molecule has 0 saturated heterocycles. The van der Waals surface area contributed by atoms with Gasteiger partial charge in [-0.2, -0.15) is 0 Å². The first-order valence-corrected chi connectivity index (χ1v) is 34.9. The molecule has 0 aliphatic carbocycles. The topological polar surface area (TPSA) is 111 Å². The van der Waals surface area contributed by atoms with Gasteiger partial charge in [0.1, 0.15) is 19.3 Å². The third kappa shape index (κ3) is 59.8. The summed E-state index contributed by atoms with van der Waals surface area (Å²) in [6, 6.07) is -0.860. The van der Waals surface area contributed by atoms with Gasteiger partial charge in [-0.05, 0) is 109 Å². The summed E-state index contributed by atoms with van der Waals surface area (Å²) < 4.78 is 30.8. The number of amides is 1. The predicted octanol–water partition coefficient (Wildman–Crippen LogP) is 21.0. The Morgan fingerprint density at radius 1 is 0.438 bits per heavy atom. The van der Waals surface area contributed by atoms with Crippen molar-refractivity contribution in [2.45, 2.75) is 309 Å². The van der Waals surface area contributed by atoms with Crippen molar-refractivity contribution >= 4 is 19.7 Å². The van der Waals surface area contributed by atoms with Crippen LogP contribution < -0.4 is 5.32 Å². The van der Waals surface area contributed by atoms with E-state index in [9.17, 15) is 19.0 Å². The third-order valence-electron chi connectivity index (χ3n) is 14.6. The van der Waals surface area contributed by atoms with Crippen molar-refractivity contribution in [3.8, 4) is 0 Å². The summed E-state index contributed by atoms with van der Waals surface area (Å²) in [5, 5.41) is 3.06. The molecule has 0 saturated carbocycles. The van der Waals surface area contributed by atoms with E-state index in [0.717, 1.165) is 109 Å². The van der Waals surface area contributed by atoms with Crippen molar-refractivity contribution in [1.82, 2.24) is 5.32 Å². The molecule has 0 spiro atoms. The molecule has 0 fully saturated rings. The predicted molar refractivity (Wildman–Crippen MR) is 346 cm³/mol. The monoisotopic (exact) mass is 1140 g/mol. The molecular weight excluding hydrogens is 1010 g/mol. The molecule has 0 rings (SSSR count). The van der Waals surface area contributed by atoms with E-state index in [1.54, 1.807) is 0 Å². The van der Waals surface area contributed by atoms with E-state index in [1.807, 2.05) is 33.3 Å². The van der Waals surface area contributed by atoms with Crippen molar-refractivity contribution in [3.63, 3.8) is 0 Å². The van der Waals surface area contributed by atoms with Gasteiger partial charge in [0.05, 0.1) is 33.8 Å². The second-order valence-corrected chi connectivity index (χ2v) is 25.1. The highest BCUT2D eigenvalue weighted by Gasteiger charge is 2.30. The average Bonchev–Trinajstić information content (AvgIpc) is 3.43. The largest absolute Gasteiger partial charge is 0.472 e. The molecule has 464 valence electrons. The van der Waals surface area contributed by atoms with Gasteiger partial charge in [0.15, 0.2) is 0 Å². The molecule has 1 amide bonds. The molecule has 0 aromatic carbocycles. The van der Waals surface area contributed by atoms with Crippen LogP contribution in [0.15, 0.2) is 85.1 Å². The lowest BCUT2D eigenvalue weighted by Gasteiger charge is -2.27. The molecule has 80 heavy (non-hydrogen) atoms. The maximum Gasteiger partial charge on any atom is 0.472 e. The maximum atomic E-state index is 13.6. The molecule has 3 unspecified atom stereocenters. The van der Waals surface area contributed by atoms with Crippen LogP contribution in [0, 0.1) is 0 Å². The number of esters is 1. The van der Waals surface area contributed by atoms with Gasteiger partial charge in [0.2, 0.25) is 5.91 Å². The van der Waals surface area contributed by atoms with E-state index >= 15 is 0 Å². The van der Waals surface area contributed by atoms with Crippen molar-refractivity contribution in [2.24, 2.45) is 0 Å². The minimum absolute atomic E-state index is 0.0345. The molecule has 0 heterocycles. The summed E-state index contributed by atoms with van der Waals surface area (Å²) in [4.78, 5) is 37.8. The van der Waals surface area contributed by atoms with Crippen molar-refractivity contribution in [3.05, 3.63) is 85.1 Å². The molecule has 0 aliphatic rings. The Hall–Kier alpha value is -2.81. The molecule has 0 radical (unpaired) electrons. The number of ether oxygens (including phenoxy) is 1. The van der Waals surface area contributed by atoms with Gasteiger partial charge in [-0.15, -0.1) is 0 Å². The summed E-state index contributed by atoms with van der Waals surface area (Å²) >= 11 is 0. The zero-order valence-corrected chi connectivity index (χ0v) is 54.0. The van der Waals surface area contributed by atoms with E-state index in [-0.39, 0.29) is 31.5 Å². The molecule has 0 bridgehead atoms. The average molecular weight is 1140 g/mol. The number of nitrogens with one attached hydrogen (secondary N) is 1. The summed E-state index contributed by atoms with van der Waals surface area (Å²) in [7, 11) is 1.48. The van der Waals surface area contributed by atoms with Crippen LogP contribution in [0.1, 0.15) is 297 Å². The SMILES string of the molecule is CCCCC/C=C\C/C=C\C/C=C\C/C=C\CCCCCCCCCC(=O)OC(/C=C/CCCCCCCCCCCC)C(COP(=O)(O)OCC[N+](C)(C)C)NC(=O)CCCCCCCCCCC/C=C\C/C=C\CCCCC. The number of carbonyl (C=O) groups excluding carboxylic acids is 2. The number of rotatable bonds is 60. The molecular formula is C70H128N2O7P+. The normalized spacial score (nSPS) is 14.1. The summed E-state index contributed by atoms with van der Waals surface area (Å²) in [5.74, 6) is -0.519. The number of phosphoric acid groups is 1. The number of nitrogens with zero attached hydrogens (tertiary/aromatic N) is 1. The van der Waals surface area contributed by atoms with E-state index < -0.39 is 20.0 Å². The number of likely N-dealkylation sites (N-methyl/N-ethyl adjacent to an activating group) is 1. The number of allylic oxidation sites excluding steroid dienone is 13. The highest BCUT2D eigenvalue weighted by Crippen LogP contribution is 2.43. The first-order valence-electron chi connectivity index (χ1n) is 33.4. The van der Waals surface area contributed by atoms with Gasteiger partial charge >= 0.3 is 13.8 Å². The highest BCUT2D eigenvalue weighted by atomic mass is 31.2. The lowest BCUT2D eigenvalue weighted by atomic mass is 10.0. The fourth-order valence-electron chi connectivity index (χ4n) is 9.37. The van der Waals surface area contributed by atoms with Crippen molar-refractivity contribution in [1.29, 1.82) is 0 Å². The molecule has 3 atom stereocenters. The zero-order chi connectivity index (χ0) is 58.6. The smallest absolute Gasteiger partial charge is 0.456 e. The van der Waals surface area contributed by atoms with Gasteiger partial charge in [-0.1, -0.05) is 260 Å². The molecule has 10 heteroatoms. The quantitative estimate of drug-likeness (QED) is 0.0205. The Kier molecular flexibility index (Phi) is 57.3. The van der Waals surface area contributed by atoms with E-state index in [0.29, 0.717) is 17.4 Å². The Bertz CT molecular complexity index is 1640. The lowest BCUT2D eigenvalue weighted by molar-refractivity contribution is -0.870. The van der Waals surface area contributed by atoms with Crippen LogP contribution in [0.5, 0.6) is 0 Å². The molecule has 9 nitrogen and oxygen atoms in total. The first-order chi connectivity index (χ1) is 38.9. The van der Waals surface area contributed by atoms with Crippen LogP contribution in [0.25, 0.3) is 0 Å². The van der Waals surface area contributed by atoms with Gasteiger partial charge in [0, 0.05) is 12.8 Å². The third-order valence-corrected chi connectivity index (χ3v) is 15.5. The van der Waals surface area contributed by atoms with Gasteiger partial charge in [0.25, 0.3) is 0 Å². The fraction of sp³-hybridized carbons (Fsp3) is 0.771. The van der Waals surface area contributed by atoms with Crippen LogP contribution in [-0.4, -0.2) is 74.3 Å². The molecule has 2 N–H and O–H groups in total. The number of unbranched alkanes of at least 4 members (excludes halogenated alkanes) is 32. The zero-order valence-electron chi connectivity index (χ0n) is 53.1. The Labute approximate surface area is 495 Å². The fourth-order valence-corrected chi connectivity index (χ4v) is 10.1. The number of hydrogen-bond donors (Lipinski definition) is 2. The number of quaternary nitrogens is 1. The Morgan fingerprint density at radius 2 is 0.762 bits per heavy atom. The number of phosphoric ester groups is 1. The summed E-state index contributed by atoms with van der Waals surface area (Å²) in [5.41, 5.74) is 0. The summed E-state index contributed by atoms with van der Waals surface area (Å²) in [6.45, 7) is 6.96. The van der Waals surface area contributed by atoms with Crippen LogP contribution in [-0.2, 0) is 27.9 Å². The van der Waals surface area contributed by atoms with Crippen LogP contribution >= 0.6 is 7.82 Å². The van der Waals surface area contributed by atoms with E-state index in [2.05, 4.69) is 99.0 Å². The number of hydrogen-bond acceptors (Lipinski definition) is 6. The first kappa shape index (κ1) is 77.2. The van der Waals surface area contributed by atoms with Gasteiger partial charge < -0.3 is 19.4 Å². The molecule has 0 aromatic heterocycles. The van der Waals surface area contributed by atoms with Crippen LogP contribution in [0.2, 0.25) is 0 Å². The minimum Gasteiger partial charge on any atom is -0.456 e. The van der Waals surface area contributed by atoms with Crippen molar-refractivity contribution < 1.29 is 37.3 Å². The van der Waals surface area contributed by atoms with Gasteiger partial charge in [-0.25, -0.2) is 4.57 Å². The minimum atomic E-state index is -4.46. The second kappa shape index (κ2) is 59.4. The standard InChI is InChI=1S/C70H127N2O7P/c1-7-10-13-16-19-22-25-28-30-32-34-35-36-37-39-41-43-45-48-51-54-57-60-63-70(74)79-68(61-58-55-52-49-46-27-24-21-18-15-12-9-3)67(66-78-80(75,76)77-65-64-72(4,5)6)71-69(73)62-59-56-53-50-47-44-42-40-38-33-31-29-26-23-20-17-14-11-8-2/h19-20,22-23,28-31,34-35,37,39,58,61,67-68H,7-18,21,24-27,32-33,36,38,40-57,59-60,62-66H2,1-6H3,(H-,71,73,75,76)/p+1/b22-19-,23-20-,30-28-,31-29-,35-34-,39-37-,61-58+. The Morgan fingerprint density at radius 3 is 1.16 bits per heavy atom. The van der Waals surface area contributed by atoms with Crippen molar-refractivity contribution in [2.75, 3.05) is 40.9 Å². The lowest BCUT2D eigenvalue weighted by Crippen LogP contribution is -2.47. The Balaban J connectivity index is 5.20. The molecule has 0 aromatic rings. The second-order valence-electron chi connectivity index (χ2n) is 23.6. The molecule has 0 aliphatic heterocycles. The van der Waals surface area contributed by atoms with Crippen LogP contribution in [0.3, 0.4) is 0 Å². The summed E-state index contributed by atoms with van der Waals surface area (Å²) in [6.07, 6.45) is 78.6. The van der Waals surface area contributed by atoms with E-state index in [1.165, 1.54) is 154 Å². The highest BCUT2D eigenvalue weighted by molar-refractivity contribution is 7.47.